The Morgan fingerprint density at radius 3 is 2.39 bits per heavy atom. The summed E-state index contributed by atoms with van der Waals surface area (Å²) in [6, 6.07) is 23.1. The zero-order valence-electron chi connectivity index (χ0n) is 20.1. The van der Waals surface area contributed by atoms with Crippen LogP contribution in [0.5, 0.6) is 11.5 Å². The number of methoxy groups -OCH3 is 1. The minimum Gasteiger partial charge on any atom is -0.493 e. The average Bonchev–Trinajstić information content (AvgIpc) is 3.22. The van der Waals surface area contributed by atoms with Crippen molar-refractivity contribution in [1.82, 2.24) is 9.99 Å². The number of hydrogen-bond acceptors (Lipinski definition) is 4. The average molecular weight is 611 g/mol. The molecule has 8 heteroatoms. The summed E-state index contributed by atoms with van der Waals surface area (Å²) in [6.45, 7) is 4.47. The van der Waals surface area contributed by atoms with Crippen LogP contribution in [0.1, 0.15) is 32.9 Å². The molecule has 1 N–H and O–H groups in total. The number of hydrazone groups is 1. The van der Waals surface area contributed by atoms with E-state index >= 15 is 0 Å². The van der Waals surface area contributed by atoms with E-state index in [1.54, 1.807) is 25.5 Å². The van der Waals surface area contributed by atoms with Crippen LogP contribution in [0.15, 0.2) is 86.8 Å². The molecule has 0 spiro atoms. The minimum atomic E-state index is -0.298. The molecule has 0 radical (unpaired) electrons. The third-order valence-corrected chi connectivity index (χ3v) is 6.81. The maximum Gasteiger partial charge on any atom is 0.271 e. The van der Waals surface area contributed by atoms with Crippen molar-refractivity contribution in [3.05, 3.63) is 110 Å². The van der Waals surface area contributed by atoms with Crippen LogP contribution >= 0.6 is 31.9 Å². The molecular weight excluding hydrogens is 586 g/mol. The molecule has 0 saturated heterocycles. The van der Waals surface area contributed by atoms with Gasteiger partial charge >= 0.3 is 0 Å². The number of benzene rings is 3. The number of ether oxygens (including phenoxy) is 2. The summed E-state index contributed by atoms with van der Waals surface area (Å²) in [5, 5.41) is 4.15. The second kappa shape index (κ2) is 11.6. The molecule has 36 heavy (non-hydrogen) atoms. The molecule has 184 valence electrons. The molecule has 0 bridgehead atoms. The van der Waals surface area contributed by atoms with Crippen LogP contribution in [0.3, 0.4) is 0 Å². The van der Waals surface area contributed by atoms with Gasteiger partial charge in [0, 0.05) is 37.1 Å². The van der Waals surface area contributed by atoms with Gasteiger partial charge in [-0.15, -0.1) is 0 Å². The van der Waals surface area contributed by atoms with Gasteiger partial charge in [0.25, 0.3) is 5.91 Å². The SMILES string of the molecule is COc1cc(/C=N\NC(=O)c2cccc(-n3c(C)ccc3C)c2)c(Br)cc1OCc1ccc(Br)cc1. The molecule has 4 rings (SSSR count). The van der Waals surface area contributed by atoms with Crippen LogP contribution in [0, 0.1) is 13.8 Å². The second-order valence-corrected chi connectivity index (χ2v) is 9.91. The highest BCUT2D eigenvalue weighted by Gasteiger charge is 2.11. The van der Waals surface area contributed by atoms with Crippen molar-refractivity contribution in [2.24, 2.45) is 5.10 Å². The van der Waals surface area contributed by atoms with E-state index in [0.29, 0.717) is 23.7 Å². The number of aryl methyl sites for hydroxylation is 2. The number of hydrogen-bond donors (Lipinski definition) is 1. The number of carbonyl (C=O) groups is 1. The number of nitrogens with one attached hydrogen (secondary N) is 1. The van der Waals surface area contributed by atoms with Crippen LogP contribution in [0.2, 0.25) is 0 Å². The van der Waals surface area contributed by atoms with E-state index in [0.717, 1.165) is 37.1 Å². The topological polar surface area (TPSA) is 64.8 Å². The Bertz CT molecular complexity index is 1390. The highest BCUT2D eigenvalue weighted by molar-refractivity contribution is 9.10. The van der Waals surface area contributed by atoms with Gasteiger partial charge < -0.3 is 14.0 Å². The van der Waals surface area contributed by atoms with Gasteiger partial charge in [0.2, 0.25) is 0 Å². The molecule has 3 aromatic carbocycles. The fraction of sp³-hybridized carbons (Fsp3) is 0.143. The van der Waals surface area contributed by atoms with Gasteiger partial charge in [-0.1, -0.05) is 34.1 Å². The summed E-state index contributed by atoms with van der Waals surface area (Å²) in [5.74, 6) is 0.863. The first kappa shape index (κ1) is 25.7. The molecule has 0 aliphatic carbocycles. The van der Waals surface area contributed by atoms with Crippen molar-refractivity contribution in [1.29, 1.82) is 0 Å². The summed E-state index contributed by atoms with van der Waals surface area (Å²) >= 11 is 6.99. The normalized spacial score (nSPS) is 11.0. The van der Waals surface area contributed by atoms with Gasteiger partial charge in [-0.05, 0) is 89.9 Å². The Hall–Kier alpha value is -3.36. The van der Waals surface area contributed by atoms with E-state index in [-0.39, 0.29) is 5.91 Å². The lowest BCUT2D eigenvalue weighted by Gasteiger charge is -2.13. The minimum absolute atomic E-state index is 0.298. The summed E-state index contributed by atoms with van der Waals surface area (Å²) in [5.41, 5.74) is 8.03. The zero-order chi connectivity index (χ0) is 25.7. The standard InChI is InChI=1S/C28H25Br2N3O3/c1-18-7-8-19(2)33(18)24-6-4-5-21(13-24)28(34)32-31-16-22-14-26(35-3)27(15-25(22)30)36-17-20-9-11-23(29)12-10-20/h4-16H,17H2,1-3H3,(H,32,34)/b31-16-. The molecule has 1 aromatic heterocycles. The molecule has 0 aliphatic rings. The lowest BCUT2D eigenvalue weighted by molar-refractivity contribution is 0.0955. The maximum absolute atomic E-state index is 12.7. The molecule has 6 nitrogen and oxygen atoms in total. The molecule has 0 aliphatic heterocycles. The van der Waals surface area contributed by atoms with E-state index in [1.165, 1.54) is 0 Å². The van der Waals surface area contributed by atoms with Crippen LogP contribution in [0.4, 0.5) is 0 Å². The number of amides is 1. The van der Waals surface area contributed by atoms with Gasteiger partial charge in [0.15, 0.2) is 11.5 Å². The second-order valence-electron chi connectivity index (χ2n) is 8.14. The molecule has 4 aromatic rings. The Balaban J connectivity index is 1.45. The molecule has 1 heterocycles. The predicted molar refractivity (Wildman–Crippen MR) is 149 cm³/mol. The summed E-state index contributed by atoms with van der Waals surface area (Å²) in [7, 11) is 1.58. The number of rotatable bonds is 8. The van der Waals surface area contributed by atoms with Gasteiger partial charge in [-0.25, -0.2) is 5.43 Å². The summed E-state index contributed by atoms with van der Waals surface area (Å²) < 4.78 is 15.3. The van der Waals surface area contributed by atoms with E-state index in [1.807, 2.05) is 62.4 Å². The molecule has 0 atom stereocenters. The van der Waals surface area contributed by atoms with Crippen molar-refractivity contribution in [3.63, 3.8) is 0 Å². The Morgan fingerprint density at radius 2 is 1.69 bits per heavy atom. The predicted octanol–water partition coefficient (Wildman–Crippen LogP) is 6.97. The fourth-order valence-corrected chi connectivity index (χ4v) is 4.44. The third-order valence-electron chi connectivity index (χ3n) is 5.60. The monoisotopic (exact) mass is 609 g/mol. The van der Waals surface area contributed by atoms with E-state index in [9.17, 15) is 4.79 Å². The fourth-order valence-electron chi connectivity index (χ4n) is 3.75. The first-order valence-electron chi connectivity index (χ1n) is 11.2. The van der Waals surface area contributed by atoms with Crippen molar-refractivity contribution < 1.29 is 14.3 Å². The van der Waals surface area contributed by atoms with Gasteiger partial charge in [-0.3, -0.25) is 4.79 Å². The molecule has 0 saturated carbocycles. The lowest BCUT2D eigenvalue weighted by atomic mass is 10.2. The van der Waals surface area contributed by atoms with Crippen molar-refractivity contribution in [3.8, 4) is 17.2 Å². The maximum atomic E-state index is 12.7. The van der Waals surface area contributed by atoms with Gasteiger partial charge in [-0.2, -0.15) is 5.10 Å². The first-order chi connectivity index (χ1) is 17.4. The lowest BCUT2D eigenvalue weighted by Crippen LogP contribution is -2.18. The highest BCUT2D eigenvalue weighted by atomic mass is 79.9. The van der Waals surface area contributed by atoms with Crippen LogP contribution in [0.25, 0.3) is 5.69 Å². The molecule has 0 unspecified atom stereocenters. The quantitative estimate of drug-likeness (QED) is 0.173. The van der Waals surface area contributed by atoms with Crippen LogP contribution in [-0.2, 0) is 6.61 Å². The van der Waals surface area contributed by atoms with Crippen molar-refractivity contribution >= 4 is 44.0 Å². The Kier molecular flexibility index (Phi) is 8.28. The van der Waals surface area contributed by atoms with Crippen LogP contribution in [-0.4, -0.2) is 23.8 Å². The van der Waals surface area contributed by atoms with Gasteiger partial charge in [0.1, 0.15) is 6.61 Å². The summed E-state index contributed by atoms with van der Waals surface area (Å²) in [4.78, 5) is 12.7. The number of halogens is 2. The highest BCUT2D eigenvalue weighted by Crippen LogP contribution is 2.33. The third kappa shape index (κ3) is 6.06. The largest absolute Gasteiger partial charge is 0.493 e. The molecule has 0 fully saturated rings. The summed E-state index contributed by atoms with van der Waals surface area (Å²) in [6.07, 6.45) is 1.56. The van der Waals surface area contributed by atoms with E-state index in [2.05, 4.69) is 59.1 Å². The van der Waals surface area contributed by atoms with Crippen molar-refractivity contribution in [2.75, 3.05) is 7.11 Å². The molecular formula is C28H25Br2N3O3. The molecule has 1 amide bonds. The smallest absolute Gasteiger partial charge is 0.271 e. The number of aromatic nitrogens is 1. The van der Waals surface area contributed by atoms with Crippen molar-refractivity contribution in [2.45, 2.75) is 20.5 Å². The van der Waals surface area contributed by atoms with E-state index in [4.69, 9.17) is 9.47 Å². The zero-order valence-corrected chi connectivity index (χ0v) is 23.3. The number of carbonyl (C=O) groups excluding carboxylic acids is 1. The van der Waals surface area contributed by atoms with Gasteiger partial charge in [0.05, 0.1) is 13.3 Å². The Morgan fingerprint density at radius 1 is 0.972 bits per heavy atom. The Labute approximate surface area is 227 Å². The first-order valence-corrected chi connectivity index (χ1v) is 12.8. The van der Waals surface area contributed by atoms with E-state index < -0.39 is 0 Å². The number of nitrogens with zero attached hydrogens (tertiary/aromatic N) is 2. The van der Waals surface area contributed by atoms with Crippen LogP contribution < -0.4 is 14.9 Å².